The summed E-state index contributed by atoms with van der Waals surface area (Å²) in [7, 11) is 0. The van der Waals surface area contributed by atoms with Crippen LogP contribution in [0.25, 0.3) is 0 Å². The highest BCUT2D eigenvalue weighted by molar-refractivity contribution is 5.55. The molecule has 2 rings (SSSR count). The Labute approximate surface area is 125 Å². The number of hydrogen-bond acceptors (Lipinski definition) is 6. The zero-order chi connectivity index (χ0) is 15.6. The number of nitrogens with zero attached hydrogens (tertiary/aromatic N) is 2. The predicted molar refractivity (Wildman–Crippen MR) is 82.7 cm³/mol. The van der Waals surface area contributed by atoms with E-state index in [9.17, 15) is 5.11 Å². The molecule has 0 bridgehead atoms. The smallest absolute Gasteiger partial charge is 0.239 e. The summed E-state index contributed by atoms with van der Waals surface area (Å²) < 4.78 is 11.4. The van der Waals surface area contributed by atoms with E-state index in [0.717, 1.165) is 12.4 Å². The second kappa shape index (κ2) is 6.07. The lowest BCUT2D eigenvalue weighted by Gasteiger charge is -2.37. The van der Waals surface area contributed by atoms with Gasteiger partial charge in [-0.15, -0.1) is 0 Å². The monoisotopic (exact) mass is 295 g/mol. The number of ether oxygens (including phenoxy) is 2. The molecule has 0 aromatic carbocycles. The molecule has 2 atom stereocenters. The molecule has 1 aliphatic heterocycles. The van der Waals surface area contributed by atoms with Gasteiger partial charge >= 0.3 is 0 Å². The predicted octanol–water partition coefficient (Wildman–Crippen LogP) is 1.43. The number of rotatable bonds is 3. The number of hydrogen-bond donors (Lipinski definition) is 2. The van der Waals surface area contributed by atoms with E-state index in [4.69, 9.17) is 15.2 Å². The molecule has 0 spiro atoms. The van der Waals surface area contributed by atoms with E-state index in [2.05, 4.69) is 9.88 Å². The number of nitrogens with two attached hydrogens (primary N) is 1. The minimum Gasteiger partial charge on any atom is -0.470 e. The first kappa shape index (κ1) is 15.9. The number of anilines is 2. The van der Waals surface area contributed by atoms with Crippen molar-refractivity contribution in [3.63, 3.8) is 0 Å². The number of morpholine rings is 1. The molecule has 6 nitrogen and oxygen atoms in total. The molecular weight excluding hydrogens is 270 g/mol. The summed E-state index contributed by atoms with van der Waals surface area (Å²) in [4.78, 5) is 6.61. The highest BCUT2D eigenvalue weighted by atomic mass is 16.5. The fourth-order valence-electron chi connectivity index (χ4n) is 2.32. The molecule has 118 valence electrons. The van der Waals surface area contributed by atoms with Crippen molar-refractivity contribution in [3.05, 3.63) is 12.1 Å². The normalized spacial score (nSPS) is 23.2. The molecule has 0 aliphatic carbocycles. The number of nitrogen functional groups attached to an aromatic ring is 1. The van der Waals surface area contributed by atoms with Gasteiger partial charge in [0.25, 0.3) is 0 Å². The van der Waals surface area contributed by atoms with Crippen molar-refractivity contribution in [1.82, 2.24) is 4.98 Å². The van der Waals surface area contributed by atoms with E-state index in [1.165, 1.54) is 0 Å². The molecule has 1 saturated heterocycles. The Bertz CT molecular complexity index is 488. The van der Waals surface area contributed by atoms with Crippen molar-refractivity contribution >= 4 is 11.5 Å². The molecule has 1 fully saturated rings. The van der Waals surface area contributed by atoms with Crippen molar-refractivity contribution < 1.29 is 14.6 Å². The summed E-state index contributed by atoms with van der Waals surface area (Å²) in [5.74, 6) is 1.23. The third kappa shape index (κ3) is 4.22. The maximum Gasteiger partial charge on any atom is 0.239 e. The van der Waals surface area contributed by atoms with Crippen LogP contribution in [0.2, 0.25) is 0 Å². The Kier molecular flexibility index (Phi) is 4.58. The fourth-order valence-corrected chi connectivity index (χ4v) is 2.32. The van der Waals surface area contributed by atoms with Crippen molar-refractivity contribution in [1.29, 1.82) is 0 Å². The average molecular weight is 295 g/mol. The van der Waals surface area contributed by atoms with Crippen molar-refractivity contribution in [3.8, 4) is 5.88 Å². The van der Waals surface area contributed by atoms with Crippen LogP contribution in [0.5, 0.6) is 5.88 Å². The summed E-state index contributed by atoms with van der Waals surface area (Å²) in [6, 6.07) is 3.68. The van der Waals surface area contributed by atoms with E-state index in [1.54, 1.807) is 6.07 Å². The van der Waals surface area contributed by atoms with E-state index < -0.39 is 0 Å². The molecule has 1 aliphatic rings. The minimum atomic E-state index is -0.355. The van der Waals surface area contributed by atoms with Crippen LogP contribution in [0.1, 0.15) is 27.7 Å². The topological polar surface area (TPSA) is 80.8 Å². The second-order valence-electron chi connectivity index (χ2n) is 6.43. The van der Waals surface area contributed by atoms with E-state index in [1.807, 2.05) is 33.8 Å². The van der Waals surface area contributed by atoms with Crippen LogP contribution in [0.4, 0.5) is 11.5 Å². The molecule has 0 saturated carbocycles. The molecule has 2 heterocycles. The van der Waals surface area contributed by atoms with Crippen LogP contribution in [-0.2, 0) is 4.74 Å². The van der Waals surface area contributed by atoms with E-state index in [-0.39, 0.29) is 24.4 Å². The van der Waals surface area contributed by atoms with Crippen LogP contribution in [0, 0.1) is 0 Å². The summed E-state index contributed by atoms with van der Waals surface area (Å²) in [5, 5.41) is 9.31. The molecule has 6 heteroatoms. The first-order chi connectivity index (χ1) is 9.78. The molecule has 1 aromatic heterocycles. The Balaban J connectivity index is 2.21. The molecular formula is C15H25N3O3. The summed E-state index contributed by atoms with van der Waals surface area (Å²) in [6.45, 7) is 9.19. The maximum absolute atomic E-state index is 9.31. The summed E-state index contributed by atoms with van der Waals surface area (Å²) in [6.07, 6.45) is -0.151. The number of aliphatic hydroxyl groups is 1. The summed E-state index contributed by atoms with van der Waals surface area (Å²) >= 11 is 0. The Morgan fingerprint density at radius 1 is 1.43 bits per heavy atom. The molecule has 2 unspecified atom stereocenters. The number of pyridine rings is 1. The number of aliphatic hydroxyl groups excluding tert-OH is 1. The third-order valence-corrected chi connectivity index (χ3v) is 3.13. The van der Waals surface area contributed by atoms with Gasteiger partial charge in [-0.05, 0) is 39.8 Å². The van der Waals surface area contributed by atoms with Crippen molar-refractivity contribution in [2.75, 3.05) is 30.3 Å². The lowest BCUT2D eigenvalue weighted by Crippen LogP contribution is -2.48. The highest BCUT2D eigenvalue weighted by Gasteiger charge is 2.26. The number of aromatic nitrogens is 1. The highest BCUT2D eigenvalue weighted by Crippen LogP contribution is 2.27. The first-order valence-electron chi connectivity index (χ1n) is 7.25. The summed E-state index contributed by atoms with van der Waals surface area (Å²) in [5.41, 5.74) is 6.10. The van der Waals surface area contributed by atoms with Gasteiger partial charge in [-0.3, -0.25) is 0 Å². The molecule has 0 amide bonds. The van der Waals surface area contributed by atoms with Gasteiger partial charge in [0.2, 0.25) is 5.88 Å². The van der Waals surface area contributed by atoms with Gasteiger partial charge in [-0.25, -0.2) is 0 Å². The van der Waals surface area contributed by atoms with Crippen molar-refractivity contribution in [2.45, 2.75) is 45.5 Å². The SMILES string of the molecule is CC1CN(c2ccc(N)c(OC(C)(C)C)n2)CC(CO)O1. The zero-order valence-electron chi connectivity index (χ0n) is 13.2. The Hall–Kier alpha value is -1.53. The van der Waals surface area contributed by atoms with E-state index >= 15 is 0 Å². The lowest BCUT2D eigenvalue weighted by atomic mass is 10.2. The first-order valence-corrected chi connectivity index (χ1v) is 7.25. The van der Waals surface area contributed by atoms with Crippen LogP contribution in [0.15, 0.2) is 12.1 Å². The van der Waals surface area contributed by atoms with Gasteiger partial charge in [0.1, 0.15) is 11.4 Å². The Morgan fingerprint density at radius 2 is 2.14 bits per heavy atom. The second-order valence-corrected chi connectivity index (χ2v) is 6.43. The lowest BCUT2D eigenvalue weighted by molar-refractivity contribution is -0.0423. The largest absolute Gasteiger partial charge is 0.470 e. The standard InChI is InChI=1S/C15H25N3O3/c1-10-7-18(8-11(9-19)20-10)13-6-5-12(16)14(17-13)21-15(2,3)4/h5-6,10-11,19H,7-9,16H2,1-4H3. The van der Waals surface area contributed by atoms with Gasteiger partial charge in [-0.2, -0.15) is 4.98 Å². The minimum absolute atomic E-state index is 0.00115. The van der Waals surface area contributed by atoms with Crippen LogP contribution < -0.4 is 15.4 Å². The van der Waals surface area contributed by atoms with E-state index in [0.29, 0.717) is 18.1 Å². The fraction of sp³-hybridized carbons (Fsp3) is 0.667. The molecule has 21 heavy (non-hydrogen) atoms. The van der Waals surface area contributed by atoms with Gasteiger partial charge in [0, 0.05) is 13.1 Å². The third-order valence-electron chi connectivity index (χ3n) is 3.13. The van der Waals surface area contributed by atoms with Gasteiger partial charge < -0.3 is 25.2 Å². The average Bonchev–Trinajstić information content (AvgIpc) is 2.39. The van der Waals surface area contributed by atoms with Gasteiger partial charge in [0.15, 0.2) is 0 Å². The molecule has 0 radical (unpaired) electrons. The van der Waals surface area contributed by atoms with Crippen molar-refractivity contribution in [2.24, 2.45) is 0 Å². The molecule has 3 N–H and O–H groups in total. The van der Waals surface area contributed by atoms with Crippen LogP contribution in [-0.4, -0.2) is 47.6 Å². The maximum atomic E-state index is 9.31. The Morgan fingerprint density at radius 3 is 2.76 bits per heavy atom. The van der Waals surface area contributed by atoms with Gasteiger partial charge in [0.05, 0.1) is 24.5 Å². The quantitative estimate of drug-likeness (QED) is 0.878. The zero-order valence-corrected chi connectivity index (χ0v) is 13.2. The van der Waals surface area contributed by atoms with Crippen LogP contribution >= 0.6 is 0 Å². The van der Waals surface area contributed by atoms with Crippen LogP contribution in [0.3, 0.4) is 0 Å². The molecule has 1 aromatic rings. The van der Waals surface area contributed by atoms with Gasteiger partial charge in [-0.1, -0.05) is 0 Å².